The molecule has 1 aromatic heterocycles. The molecule has 0 fully saturated rings. The van der Waals surface area contributed by atoms with Crippen molar-refractivity contribution in [2.75, 3.05) is 11.9 Å². The second kappa shape index (κ2) is 5.73. The third kappa shape index (κ3) is 3.05. The maximum absolute atomic E-state index is 13.6. The van der Waals surface area contributed by atoms with Crippen LogP contribution in [0.5, 0.6) is 0 Å². The second-order valence-electron chi connectivity index (χ2n) is 4.10. The van der Waals surface area contributed by atoms with Gasteiger partial charge in [0.25, 0.3) is 0 Å². The number of anilines is 1. The summed E-state index contributed by atoms with van der Waals surface area (Å²) in [6, 6.07) is 4.68. The van der Waals surface area contributed by atoms with Crippen molar-refractivity contribution >= 4 is 5.69 Å². The van der Waals surface area contributed by atoms with E-state index < -0.39 is 17.5 Å². The first-order chi connectivity index (χ1) is 9.11. The molecule has 100 valence electrons. The van der Waals surface area contributed by atoms with Crippen LogP contribution in [0.15, 0.2) is 30.5 Å². The molecule has 1 heterocycles. The number of benzene rings is 1. The van der Waals surface area contributed by atoms with Gasteiger partial charge in [-0.2, -0.15) is 0 Å². The lowest BCUT2D eigenvalue weighted by Crippen LogP contribution is -2.00. The normalized spacial score (nSPS) is 10.5. The van der Waals surface area contributed by atoms with Crippen molar-refractivity contribution in [3.05, 3.63) is 47.9 Å². The molecule has 19 heavy (non-hydrogen) atoms. The summed E-state index contributed by atoms with van der Waals surface area (Å²) in [6.07, 6.45) is 2.44. The average Bonchev–Trinajstić information content (AvgIpc) is 2.41. The molecule has 0 aliphatic heterocycles. The second-order valence-corrected chi connectivity index (χ2v) is 4.10. The van der Waals surface area contributed by atoms with E-state index in [0.717, 1.165) is 24.7 Å². The van der Waals surface area contributed by atoms with E-state index >= 15 is 0 Å². The van der Waals surface area contributed by atoms with Crippen LogP contribution in [-0.2, 0) is 0 Å². The number of aromatic nitrogens is 1. The van der Waals surface area contributed by atoms with E-state index in [-0.39, 0.29) is 11.3 Å². The van der Waals surface area contributed by atoms with Crippen LogP contribution < -0.4 is 5.32 Å². The van der Waals surface area contributed by atoms with Gasteiger partial charge in [0.2, 0.25) is 0 Å². The average molecular weight is 266 g/mol. The fraction of sp³-hybridized carbons (Fsp3) is 0.214. The lowest BCUT2D eigenvalue weighted by atomic mass is 10.1. The van der Waals surface area contributed by atoms with Crippen LogP contribution in [0.3, 0.4) is 0 Å². The summed E-state index contributed by atoms with van der Waals surface area (Å²) in [5.41, 5.74) is 0.965. The topological polar surface area (TPSA) is 24.9 Å². The molecule has 5 heteroatoms. The zero-order valence-electron chi connectivity index (χ0n) is 10.4. The predicted molar refractivity (Wildman–Crippen MR) is 68.3 cm³/mol. The van der Waals surface area contributed by atoms with Crippen molar-refractivity contribution < 1.29 is 13.2 Å². The maximum Gasteiger partial charge on any atom is 0.161 e. The van der Waals surface area contributed by atoms with Crippen LogP contribution in [0.4, 0.5) is 18.9 Å². The van der Waals surface area contributed by atoms with Gasteiger partial charge in [-0.25, -0.2) is 13.2 Å². The summed E-state index contributed by atoms with van der Waals surface area (Å²) in [5, 5.41) is 3.12. The molecule has 2 nitrogen and oxygen atoms in total. The van der Waals surface area contributed by atoms with Gasteiger partial charge in [0.1, 0.15) is 5.82 Å². The highest BCUT2D eigenvalue weighted by atomic mass is 19.2. The van der Waals surface area contributed by atoms with Crippen molar-refractivity contribution in [3.8, 4) is 11.3 Å². The Morgan fingerprint density at radius 3 is 2.53 bits per heavy atom. The molecule has 0 saturated heterocycles. The third-order valence-electron chi connectivity index (χ3n) is 2.62. The van der Waals surface area contributed by atoms with E-state index in [2.05, 4.69) is 10.3 Å². The van der Waals surface area contributed by atoms with Gasteiger partial charge >= 0.3 is 0 Å². The third-order valence-corrected chi connectivity index (χ3v) is 2.62. The highest BCUT2D eigenvalue weighted by molar-refractivity contribution is 5.64. The molecular weight excluding hydrogens is 253 g/mol. The molecule has 0 bridgehead atoms. The van der Waals surface area contributed by atoms with Gasteiger partial charge in [-0.15, -0.1) is 0 Å². The molecule has 0 saturated carbocycles. The lowest BCUT2D eigenvalue weighted by molar-refractivity contribution is 0.496. The van der Waals surface area contributed by atoms with Crippen molar-refractivity contribution in [1.29, 1.82) is 0 Å². The SMILES string of the molecule is CCCNc1ccnc(-c2cc(F)c(F)cc2F)c1. The fourth-order valence-electron chi connectivity index (χ4n) is 1.68. The van der Waals surface area contributed by atoms with Crippen molar-refractivity contribution in [3.63, 3.8) is 0 Å². The van der Waals surface area contributed by atoms with Gasteiger partial charge in [0, 0.05) is 30.1 Å². The van der Waals surface area contributed by atoms with E-state index in [4.69, 9.17) is 0 Å². The highest BCUT2D eigenvalue weighted by Gasteiger charge is 2.12. The van der Waals surface area contributed by atoms with Crippen LogP contribution >= 0.6 is 0 Å². The highest BCUT2D eigenvalue weighted by Crippen LogP contribution is 2.25. The first-order valence-electron chi connectivity index (χ1n) is 5.96. The molecule has 1 aromatic carbocycles. The molecule has 0 aliphatic rings. The molecule has 2 rings (SSSR count). The quantitative estimate of drug-likeness (QED) is 0.846. The van der Waals surface area contributed by atoms with E-state index in [1.165, 1.54) is 6.20 Å². The van der Waals surface area contributed by atoms with Crippen molar-refractivity contribution in [1.82, 2.24) is 4.98 Å². The molecule has 0 aliphatic carbocycles. The smallest absolute Gasteiger partial charge is 0.161 e. The van der Waals surface area contributed by atoms with Crippen LogP contribution in [0, 0.1) is 17.5 Å². The Labute approximate surface area is 109 Å². The summed E-state index contributed by atoms with van der Waals surface area (Å²) in [5.74, 6) is -3.13. The zero-order chi connectivity index (χ0) is 13.8. The maximum atomic E-state index is 13.6. The minimum Gasteiger partial charge on any atom is -0.385 e. The number of pyridine rings is 1. The van der Waals surface area contributed by atoms with E-state index in [1.807, 2.05) is 6.92 Å². The summed E-state index contributed by atoms with van der Waals surface area (Å²) in [6.45, 7) is 2.79. The Balaban J connectivity index is 2.38. The van der Waals surface area contributed by atoms with Gasteiger partial charge in [-0.3, -0.25) is 4.98 Å². The number of rotatable bonds is 4. The zero-order valence-corrected chi connectivity index (χ0v) is 10.4. The Kier molecular flexibility index (Phi) is 4.04. The van der Waals surface area contributed by atoms with Crippen LogP contribution in [0.2, 0.25) is 0 Å². The van der Waals surface area contributed by atoms with E-state index in [9.17, 15) is 13.2 Å². The molecule has 0 spiro atoms. The van der Waals surface area contributed by atoms with Gasteiger partial charge in [0.15, 0.2) is 11.6 Å². The van der Waals surface area contributed by atoms with Gasteiger partial charge < -0.3 is 5.32 Å². The Morgan fingerprint density at radius 1 is 1.05 bits per heavy atom. The largest absolute Gasteiger partial charge is 0.385 e. The number of halogens is 3. The Bertz CT molecular complexity index is 585. The molecule has 0 radical (unpaired) electrons. The van der Waals surface area contributed by atoms with Gasteiger partial charge in [0.05, 0.1) is 5.69 Å². The minimum absolute atomic E-state index is 0.0564. The first kappa shape index (κ1) is 13.4. The molecule has 0 unspecified atom stereocenters. The predicted octanol–water partition coefficient (Wildman–Crippen LogP) is 3.99. The summed E-state index contributed by atoms with van der Waals surface area (Å²) < 4.78 is 39.7. The van der Waals surface area contributed by atoms with E-state index in [0.29, 0.717) is 6.07 Å². The molecule has 0 atom stereocenters. The Hall–Kier alpha value is -2.04. The van der Waals surface area contributed by atoms with Crippen LogP contribution in [-0.4, -0.2) is 11.5 Å². The van der Waals surface area contributed by atoms with Gasteiger partial charge in [-0.1, -0.05) is 6.92 Å². The Morgan fingerprint density at radius 2 is 1.79 bits per heavy atom. The first-order valence-corrected chi connectivity index (χ1v) is 5.96. The fourth-order valence-corrected chi connectivity index (χ4v) is 1.68. The number of hydrogen-bond acceptors (Lipinski definition) is 2. The minimum atomic E-state index is -1.21. The van der Waals surface area contributed by atoms with Gasteiger partial charge in [-0.05, 0) is 24.6 Å². The standard InChI is InChI=1S/C14H13F3N2/c1-2-4-18-9-3-5-19-14(6-9)10-7-12(16)13(17)8-11(10)15/h3,5-8H,2,4H2,1H3,(H,18,19). The summed E-state index contributed by atoms with van der Waals surface area (Å²) in [7, 11) is 0. The monoisotopic (exact) mass is 266 g/mol. The van der Waals surface area contributed by atoms with E-state index in [1.54, 1.807) is 12.1 Å². The molecular formula is C14H13F3N2. The number of nitrogens with zero attached hydrogens (tertiary/aromatic N) is 1. The van der Waals surface area contributed by atoms with Crippen molar-refractivity contribution in [2.24, 2.45) is 0 Å². The van der Waals surface area contributed by atoms with Crippen LogP contribution in [0.1, 0.15) is 13.3 Å². The summed E-state index contributed by atoms with van der Waals surface area (Å²) in [4.78, 5) is 3.98. The number of nitrogens with one attached hydrogen (secondary N) is 1. The molecule has 1 N–H and O–H groups in total. The number of hydrogen-bond donors (Lipinski definition) is 1. The molecule has 2 aromatic rings. The summed E-state index contributed by atoms with van der Waals surface area (Å²) >= 11 is 0. The van der Waals surface area contributed by atoms with Crippen LogP contribution in [0.25, 0.3) is 11.3 Å². The lowest BCUT2D eigenvalue weighted by Gasteiger charge is -2.08. The van der Waals surface area contributed by atoms with Crippen molar-refractivity contribution in [2.45, 2.75) is 13.3 Å². The molecule has 0 amide bonds.